The van der Waals surface area contributed by atoms with Gasteiger partial charge in [-0.05, 0) is 18.2 Å². The van der Waals surface area contributed by atoms with Crippen molar-refractivity contribution < 1.29 is 18.8 Å². The first-order valence-electron chi connectivity index (χ1n) is 6.31. The smallest absolute Gasteiger partial charge is 0.273 e. The molecule has 0 saturated carbocycles. The van der Waals surface area contributed by atoms with E-state index >= 15 is 0 Å². The Morgan fingerprint density at radius 1 is 1.39 bits per heavy atom. The molecule has 0 amide bonds. The van der Waals surface area contributed by atoms with Crippen LogP contribution in [0, 0.1) is 15.9 Å². The van der Waals surface area contributed by atoms with Crippen LogP contribution in [0.5, 0.6) is 5.75 Å². The normalized spacial score (nSPS) is 11.8. The molecule has 0 heterocycles. The molecule has 0 aliphatic carbocycles. The summed E-state index contributed by atoms with van der Waals surface area (Å²) in [5, 5.41) is 11.1. The molecular weight excluding hydrogens is 393 g/mol. The highest BCUT2D eigenvalue weighted by atomic mass is 79.9. The van der Waals surface area contributed by atoms with Gasteiger partial charge in [0.2, 0.25) is 0 Å². The Labute approximate surface area is 144 Å². The molecule has 2 aromatic carbocycles. The zero-order valence-electron chi connectivity index (χ0n) is 11.8. The number of aldehydes is 1. The monoisotopic (exact) mass is 401 g/mol. The standard InChI is InChI=1S/C15H10BrClFNO4/c1-23-9-5-12(17)15(13(18)6-9)11(7-20)10-4-8(16)2-3-14(10)19(21)22/h2-7,11H,1H3. The molecule has 0 fully saturated rings. The Morgan fingerprint density at radius 3 is 2.61 bits per heavy atom. The lowest BCUT2D eigenvalue weighted by atomic mass is 9.91. The molecule has 0 spiro atoms. The Balaban J connectivity index is 2.69. The van der Waals surface area contributed by atoms with Gasteiger partial charge in [-0.3, -0.25) is 10.1 Å². The maximum absolute atomic E-state index is 14.3. The fourth-order valence-corrected chi connectivity index (χ4v) is 2.91. The molecular formula is C15H10BrClFNO4. The third kappa shape index (κ3) is 3.51. The molecule has 0 aromatic heterocycles. The van der Waals surface area contributed by atoms with Crippen LogP contribution < -0.4 is 4.74 Å². The number of carbonyl (C=O) groups excluding carboxylic acids is 1. The van der Waals surface area contributed by atoms with E-state index in [1.165, 1.54) is 31.4 Å². The number of hydrogen-bond donors (Lipinski definition) is 0. The lowest BCUT2D eigenvalue weighted by Gasteiger charge is -2.15. The molecule has 5 nitrogen and oxygen atoms in total. The van der Waals surface area contributed by atoms with E-state index in [-0.39, 0.29) is 27.6 Å². The second-order valence-corrected chi connectivity index (χ2v) is 5.90. The summed E-state index contributed by atoms with van der Waals surface area (Å²) in [6.07, 6.45) is 0.422. The molecule has 23 heavy (non-hydrogen) atoms. The highest BCUT2D eigenvalue weighted by Crippen LogP contribution is 2.38. The molecule has 2 rings (SSSR count). The van der Waals surface area contributed by atoms with Gasteiger partial charge < -0.3 is 9.53 Å². The molecule has 0 aliphatic heterocycles. The second kappa shape index (κ2) is 7.06. The van der Waals surface area contributed by atoms with Crippen molar-refractivity contribution in [1.82, 2.24) is 0 Å². The van der Waals surface area contributed by atoms with E-state index in [4.69, 9.17) is 16.3 Å². The van der Waals surface area contributed by atoms with Gasteiger partial charge in [-0.2, -0.15) is 0 Å². The molecule has 0 aliphatic rings. The van der Waals surface area contributed by atoms with Gasteiger partial charge in [0.1, 0.15) is 17.9 Å². The first-order chi connectivity index (χ1) is 10.9. The van der Waals surface area contributed by atoms with Crippen molar-refractivity contribution in [3.05, 3.63) is 66.9 Å². The summed E-state index contributed by atoms with van der Waals surface area (Å²) in [5.74, 6) is -1.81. The van der Waals surface area contributed by atoms with Crippen molar-refractivity contribution in [3.63, 3.8) is 0 Å². The van der Waals surface area contributed by atoms with Crippen LogP contribution in [0.4, 0.5) is 10.1 Å². The Hall–Kier alpha value is -1.99. The Morgan fingerprint density at radius 2 is 2.09 bits per heavy atom. The molecule has 0 bridgehead atoms. The lowest BCUT2D eigenvalue weighted by Crippen LogP contribution is -2.09. The summed E-state index contributed by atoms with van der Waals surface area (Å²) in [5.41, 5.74) is -0.384. The van der Waals surface area contributed by atoms with E-state index in [0.717, 1.165) is 6.07 Å². The van der Waals surface area contributed by atoms with Gasteiger partial charge in [-0.1, -0.05) is 27.5 Å². The zero-order chi connectivity index (χ0) is 17.1. The van der Waals surface area contributed by atoms with Crippen LogP contribution in [-0.2, 0) is 4.79 Å². The van der Waals surface area contributed by atoms with Gasteiger partial charge in [0.05, 0.1) is 23.0 Å². The maximum Gasteiger partial charge on any atom is 0.273 e. The number of nitro benzene ring substituents is 1. The number of ether oxygens (including phenoxy) is 1. The van der Waals surface area contributed by atoms with Crippen molar-refractivity contribution in [2.45, 2.75) is 5.92 Å². The van der Waals surface area contributed by atoms with Gasteiger partial charge in [-0.15, -0.1) is 0 Å². The van der Waals surface area contributed by atoms with Gasteiger partial charge >= 0.3 is 0 Å². The Kier molecular flexibility index (Phi) is 5.33. The number of benzene rings is 2. The topological polar surface area (TPSA) is 69.4 Å². The predicted molar refractivity (Wildman–Crippen MR) is 86.7 cm³/mol. The van der Waals surface area contributed by atoms with E-state index in [1.807, 2.05) is 0 Å². The van der Waals surface area contributed by atoms with Gasteiger partial charge in [0.25, 0.3) is 5.69 Å². The van der Waals surface area contributed by atoms with Crippen LogP contribution in [0.2, 0.25) is 5.02 Å². The molecule has 1 atom stereocenters. The first kappa shape index (κ1) is 17.4. The highest BCUT2D eigenvalue weighted by Gasteiger charge is 2.28. The highest BCUT2D eigenvalue weighted by molar-refractivity contribution is 9.10. The number of halogens is 3. The summed E-state index contributed by atoms with van der Waals surface area (Å²) in [6.45, 7) is 0. The number of hydrogen-bond acceptors (Lipinski definition) is 4. The molecule has 120 valence electrons. The van der Waals surface area contributed by atoms with Crippen molar-refractivity contribution >= 4 is 39.5 Å². The number of carbonyl (C=O) groups is 1. The van der Waals surface area contributed by atoms with Crippen molar-refractivity contribution in [1.29, 1.82) is 0 Å². The predicted octanol–water partition coefficient (Wildman–Crippen LogP) is 4.49. The average molecular weight is 403 g/mol. The van der Waals surface area contributed by atoms with E-state index in [2.05, 4.69) is 15.9 Å². The minimum Gasteiger partial charge on any atom is -0.497 e. The van der Waals surface area contributed by atoms with Crippen LogP contribution in [0.25, 0.3) is 0 Å². The van der Waals surface area contributed by atoms with Crippen LogP contribution in [0.1, 0.15) is 17.0 Å². The summed E-state index contributed by atoms with van der Waals surface area (Å²) < 4.78 is 19.8. The Bertz CT molecular complexity index is 761. The fourth-order valence-electron chi connectivity index (χ4n) is 2.21. The van der Waals surface area contributed by atoms with Crippen LogP contribution in [0.15, 0.2) is 34.8 Å². The third-order valence-electron chi connectivity index (χ3n) is 3.26. The summed E-state index contributed by atoms with van der Waals surface area (Å²) in [6, 6.07) is 6.53. The minimum absolute atomic E-state index is 0.0466. The molecule has 0 radical (unpaired) electrons. The quantitative estimate of drug-likeness (QED) is 0.420. The molecule has 2 aromatic rings. The number of nitro groups is 1. The largest absolute Gasteiger partial charge is 0.497 e. The van der Waals surface area contributed by atoms with Crippen LogP contribution >= 0.6 is 27.5 Å². The summed E-state index contributed by atoms with van der Waals surface area (Å²) >= 11 is 9.24. The molecule has 8 heteroatoms. The summed E-state index contributed by atoms with van der Waals surface area (Å²) in [4.78, 5) is 22.1. The fraction of sp³-hybridized carbons (Fsp3) is 0.133. The van der Waals surface area contributed by atoms with Crippen molar-refractivity contribution in [2.75, 3.05) is 7.11 Å². The number of rotatable bonds is 5. The SMILES string of the molecule is COc1cc(F)c(C(C=O)c2cc(Br)ccc2[N+](=O)[O-])c(Cl)c1. The van der Waals surface area contributed by atoms with E-state index in [9.17, 15) is 19.3 Å². The van der Waals surface area contributed by atoms with Crippen LogP contribution in [-0.4, -0.2) is 18.3 Å². The minimum atomic E-state index is -1.22. The average Bonchev–Trinajstić information content (AvgIpc) is 2.50. The van der Waals surface area contributed by atoms with Crippen molar-refractivity contribution in [2.24, 2.45) is 0 Å². The number of nitrogens with zero attached hydrogens (tertiary/aromatic N) is 1. The molecule has 1 unspecified atom stereocenters. The maximum atomic E-state index is 14.3. The second-order valence-electron chi connectivity index (χ2n) is 4.58. The molecule has 0 saturated heterocycles. The third-order valence-corrected chi connectivity index (χ3v) is 4.06. The summed E-state index contributed by atoms with van der Waals surface area (Å²) in [7, 11) is 1.35. The van der Waals surface area contributed by atoms with Gasteiger partial charge in [0, 0.05) is 27.7 Å². The lowest BCUT2D eigenvalue weighted by molar-refractivity contribution is -0.385. The molecule has 0 N–H and O–H groups in total. The number of methoxy groups -OCH3 is 1. The van der Waals surface area contributed by atoms with E-state index in [0.29, 0.717) is 10.8 Å². The van der Waals surface area contributed by atoms with Crippen molar-refractivity contribution in [3.8, 4) is 5.75 Å². The van der Waals surface area contributed by atoms with Gasteiger partial charge in [0.15, 0.2) is 0 Å². The van der Waals surface area contributed by atoms with Gasteiger partial charge in [-0.25, -0.2) is 4.39 Å². The van der Waals surface area contributed by atoms with Crippen LogP contribution in [0.3, 0.4) is 0 Å². The first-order valence-corrected chi connectivity index (χ1v) is 7.48. The zero-order valence-corrected chi connectivity index (χ0v) is 14.1. The van der Waals surface area contributed by atoms with E-state index in [1.54, 1.807) is 0 Å². The van der Waals surface area contributed by atoms with E-state index < -0.39 is 16.7 Å².